The number of aryl methyl sites for hydroxylation is 1. The Morgan fingerprint density at radius 2 is 1.84 bits per heavy atom. The molecule has 0 bridgehead atoms. The number of carbonyl (C=O) groups excluding carboxylic acids is 1. The van der Waals surface area contributed by atoms with E-state index in [0.717, 1.165) is 17.7 Å². The number of nitrogens with one attached hydrogen (secondary N) is 1. The number of rotatable bonds is 6. The molecule has 3 aromatic rings. The third-order valence-corrected chi connectivity index (χ3v) is 5.76. The maximum absolute atomic E-state index is 12.2. The highest BCUT2D eigenvalue weighted by atomic mass is 32.2. The Morgan fingerprint density at radius 1 is 1.12 bits per heavy atom. The summed E-state index contributed by atoms with van der Waals surface area (Å²) in [5.41, 5.74) is 3.12. The molecule has 0 saturated heterocycles. The van der Waals surface area contributed by atoms with Crippen molar-refractivity contribution in [1.29, 1.82) is 0 Å². The molecule has 1 atom stereocenters. The van der Waals surface area contributed by atoms with Crippen LogP contribution in [0.3, 0.4) is 0 Å². The minimum absolute atomic E-state index is 0.0792. The minimum Gasteiger partial charge on any atom is -0.301 e. The second-order valence-corrected chi connectivity index (χ2v) is 7.75. The van der Waals surface area contributed by atoms with Crippen molar-refractivity contribution in [3.05, 3.63) is 65.5 Å². The van der Waals surface area contributed by atoms with Gasteiger partial charge in [0.25, 0.3) is 0 Å². The Labute approximate surface area is 153 Å². The number of hydrogen-bond acceptors (Lipinski definition) is 4. The van der Waals surface area contributed by atoms with Gasteiger partial charge in [0.15, 0.2) is 5.13 Å². The van der Waals surface area contributed by atoms with Crippen LogP contribution in [0.15, 0.2) is 64.9 Å². The van der Waals surface area contributed by atoms with Crippen molar-refractivity contribution in [1.82, 2.24) is 4.98 Å². The topological polar surface area (TPSA) is 59.1 Å². The van der Waals surface area contributed by atoms with E-state index in [0.29, 0.717) is 10.0 Å². The van der Waals surface area contributed by atoms with E-state index >= 15 is 0 Å². The predicted octanol–water partition coefficient (Wildman–Crippen LogP) is 4.12. The Bertz CT molecular complexity index is 874. The quantitative estimate of drug-likeness (QED) is 0.710. The van der Waals surface area contributed by atoms with Crippen LogP contribution < -0.4 is 5.32 Å². The van der Waals surface area contributed by atoms with Gasteiger partial charge in [0.05, 0.1) is 16.5 Å². The van der Waals surface area contributed by atoms with E-state index in [-0.39, 0.29) is 11.7 Å². The molecule has 2 aromatic carbocycles. The van der Waals surface area contributed by atoms with Crippen LogP contribution >= 0.6 is 11.3 Å². The fraction of sp³-hybridized carbons (Fsp3) is 0.158. The molecule has 0 spiro atoms. The summed E-state index contributed by atoms with van der Waals surface area (Å²) in [5, 5.41) is 5.16. The molecule has 1 N–H and O–H groups in total. The molecule has 0 aliphatic heterocycles. The molecule has 0 saturated carbocycles. The van der Waals surface area contributed by atoms with Crippen LogP contribution in [-0.2, 0) is 22.0 Å². The summed E-state index contributed by atoms with van der Waals surface area (Å²) < 4.78 is 12.2. The molecule has 0 fully saturated rings. The van der Waals surface area contributed by atoms with Crippen molar-refractivity contribution in [3.63, 3.8) is 0 Å². The van der Waals surface area contributed by atoms with Crippen molar-refractivity contribution < 1.29 is 9.00 Å². The summed E-state index contributed by atoms with van der Waals surface area (Å²) >= 11 is 1.36. The lowest BCUT2D eigenvalue weighted by Crippen LogP contribution is -2.19. The Hall–Kier alpha value is -2.31. The molecule has 1 amide bonds. The maximum Gasteiger partial charge on any atom is 0.239 e. The molecule has 0 aliphatic carbocycles. The zero-order valence-corrected chi connectivity index (χ0v) is 15.4. The fourth-order valence-corrected chi connectivity index (χ4v) is 3.98. The molecule has 6 heteroatoms. The molecule has 3 rings (SSSR count). The largest absolute Gasteiger partial charge is 0.301 e. The standard InChI is InChI=1S/C19H18N2O2S2/c1-2-14-8-10-15(11-9-14)17-12-24-19(20-17)21-18(22)13-25(23)16-6-4-3-5-7-16/h3-12H,2,13H2,1H3,(H,20,21,22). The summed E-state index contributed by atoms with van der Waals surface area (Å²) in [4.78, 5) is 17.2. The van der Waals surface area contributed by atoms with Crippen LogP contribution in [0.2, 0.25) is 0 Å². The lowest BCUT2D eigenvalue weighted by Gasteiger charge is -2.02. The predicted molar refractivity (Wildman–Crippen MR) is 103 cm³/mol. The molecule has 1 aromatic heterocycles. The van der Waals surface area contributed by atoms with Crippen molar-refractivity contribution in [2.75, 3.05) is 11.1 Å². The van der Waals surface area contributed by atoms with Crippen LogP contribution in [0.5, 0.6) is 0 Å². The SMILES string of the molecule is CCc1ccc(-c2csc(NC(=O)CS(=O)c3ccccc3)n2)cc1. The number of anilines is 1. The van der Waals surface area contributed by atoms with Gasteiger partial charge in [-0.2, -0.15) is 0 Å². The summed E-state index contributed by atoms with van der Waals surface area (Å²) in [6, 6.07) is 17.2. The summed E-state index contributed by atoms with van der Waals surface area (Å²) in [5.74, 6) is -0.381. The fourth-order valence-electron chi connectivity index (χ4n) is 2.30. The molecular formula is C19H18N2O2S2. The average Bonchev–Trinajstić information content (AvgIpc) is 3.10. The first kappa shape index (κ1) is 17.5. The van der Waals surface area contributed by atoms with Crippen molar-refractivity contribution in [2.45, 2.75) is 18.2 Å². The number of aromatic nitrogens is 1. The molecule has 128 valence electrons. The average molecular weight is 370 g/mol. The zero-order chi connectivity index (χ0) is 17.6. The molecule has 25 heavy (non-hydrogen) atoms. The van der Waals surface area contributed by atoms with Gasteiger partial charge in [-0.3, -0.25) is 9.00 Å². The highest BCUT2D eigenvalue weighted by molar-refractivity contribution is 7.85. The van der Waals surface area contributed by atoms with E-state index in [2.05, 4.69) is 29.4 Å². The van der Waals surface area contributed by atoms with Crippen LogP contribution in [0.4, 0.5) is 5.13 Å². The van der Waals surface area contributed by atoms with Gasteiger partial charge in [0, 0.05) is 15.8 Å². The smallest absolute Gasteiger partial charge is 0.239 e. The van der Waals surface area contributed by atoms with Crippen molar-refractivity contribution in [3.8, 4) is 11.3 Å². The van der Waals surface area contributed by atoms with Crippen molar-refractivity contribution >= 4 is 33.2 Å². The number of nitrogens with zero attached hydrogens (tertiary/aromatic N) is 1. The minimum atomic E-state index is -1.36. The van der Waals surface area contributed by atoms with Gasteiger partial charge in [-0.1, -0.05) is 49.4 Å². The molecular weight excluding hydrogens is 352 g/mol. The van der Waals surface area contributed by atoms with E-state index < -0.39 is 10.8 Å². The van der Waals surface area contributed by atoms with Gasteiger partial charge in [0.2, 0.25) is 5.91 Å². The van der Waals surface area contributed by atoms with Crippen molar-refractivity contribution in [2.24, 2.45) is 0 Å². The third kappa shape index (κ3) is 4.61. The molecule has 4 nitrogen and oxygen atoms in total. The van der Waals surface area contributed by atoms with Crippen LogP contribution in [-0.4, -0.2) is 20.9 Å². The normalized spacial score (nSPS) is 11.9. The lowest BCUT2D eigenvalue weighted by molar-refractivity contribution is -0.113. The monoisotopic (exact) mass is 370 g/mol. The van der Waals surface area contributed by atoms with Crippen LogP contribution in [0, 0.1) is 0 Å². The molecule has 0 radical (unpaired) electrons. The summed E-state index contributed by atoms with van der Waals surface area (Å²) in [6.07, 6.45) is 0.997. The van der Waals surface area contributed by atoms with E-state index in [4.69, 9.17) is 0 Å². The number of thiazole rings is 1. The Kier molecular flexibility index (Phi) is 5.73. The van der Waals surface area contributed by atoms with E-state index in [9.17, 15) is 9.00 Å². The third-order valence-electron chi connectivity index (χ3n) is 3.68. The highest BCUT2D eigenvalue weighted by Crippen LogP contribution is 2.25. The number of amides is 1. The van der Waals surface area contributed by atoms with Gasteiger partial charge in [0.1, 0.15) is 5.75 Å². The van der Waals surface area contributed by atoms with Gasteiger partial charge in [-0.05, 0) is 24.1 Å². The number of benzene rings is 2. The Morgan fingerprint density at radius 3 is 2.52 bits per heavy atom. The first-order valence-corrected chi connectivity index (χ1v) is 10.1. The summed E-state index contributed by atoms with van der Waals surface area (Å²) in [7, 11) is -1.36. The highest BCUT2D eigenvalue weighted by Gasteiger charge is 2.12. The molecule has 1 heterocycles. The first-order chi connectivity index (χ1) is 12.2. The van der Waals surface area contributed by atoms with Crippen LogP contribution in [0.25, 0.3) is 11.3 Å². The number of carbonyl (C=O) groups is 1. The lowest BCUT2D eigenvalue weighted by atomic mass is 10.1. The van der Waals surface area contributed by atoms with Gasteiger partial charge < -0.3 is 5.32 Å². The molecule has 0 aliphatic rings. The van der Waals surface area contributed by atoms with E-state index in [1.165, 1.54) is 16.9 Å². The maximum atomic E-state index is 12.2. The van der Waals surface area contributed by atoms with Gasteiger partial charge >= 0.3 is 0 Å². The van der Waals surface area contributed by atoms with Gasteiger partial charge in [-0.25, -0.2) is 4.98 Å². The van der Waals surface area contributed by atoms with Crippen LogP contribution in [0.1, 0.15) is 12.5 Å². The van der Waals surface area contributed by atoms with E-state index in [1.807, 2.05) is 35.7 Å². The molecule has 1 unspecified atom stereocenters. The number of hydrogen-bond donors (Lipinski definition) is 1. The first-order valence-electron chi connectivity index (χ1n) is 7.94. The second kappa shape index (κ2) is 8.18. The zero-order valence-electron chi connectivity index (χ0n) is 13.8. The second-order valence-electron chi connectivity index (χ2n) is 5.44. The van der Waals surface area contributed by atoms with E-state index in [1.54, 1.807) is 12.1 Å². The Balaban J connectivity index is 1.62. The summed E-state index contributed by atoms with van der Waals surface area (Å²) in [6.45, 7) is 2.12. The van der Waals surface area contributed by atoms with Gasteiger partial charge in [-0.15, -0.1) is 11.3 Å².